The predicted molar refractivity (Wildman–Crippen MR) is 96.1 cm³/mol. The Labute approximate surface area is 145 Å². The molecule has 0 saturated carbocycles. The molecule has 0 radical (unpaired) electrons. The van der Waals surface area contributed by atoms with Gasteiger partial charge in [-0.3, -0.25) is 14.6 Å². The SMILES string of the molecule is Cc1cccc(NC(=O)C2CSCN2C(=O)c2cccnc2)c1C. The van der Waals surface area contributed by atoms with E-state index in [-0.39, 0.29) is 11.8 Å². The van der Waals surface area contributed by atoms with Crippen molar-refractivity contribution in [1.82, 2.24) is 9.88 Å². The molecule has 1 aromatic heterocycles. The minimum Gasteiger partial charge on any atom is -0.324 e. The Morgan fingerprint density at radius 3 is 2.83 bits per heavy atom. The number of anilines is 1. The summed E-state index contributed by atoms with van der Waals surface area (Å²) in [4.78, 5) is 30.9. The number of benzene rings is 1. The number of nitrogens with one attached hydrogen (secondary N) is 1. The molecule has 2 heterocycles. The van der Waals surface area contributed by atoms with Crippen LogP contribution >= 0.6 is 11.8 Å². The topological polar surface area (TPSA) is 62.3 Å². The number of carbonyl (C=O) groups is 2. The molecule has 6 heteroatoms. The highest BCUT2D eigenvalue weighted by atomic mass is 32.2. The Balaban J connectivity index is 1.76. The van der Waals surface area contributed by atoms with Crippen LogP contribution in [0.4, 0.5) is 5.69 Å². The molecular formula is C18H19N3O2S. The zero-order chi connectivity index (χ0) is 17.1. The van der Waals surface area contributed by atoms with E-state index in [9.17, 15) is 9.59 Å². The summed E-state index contributed by atoms with van der Waals surface area (Å²) in [5.74, 6) is 0.807. The third-order valence-electron chi connectivity index (χ3n) is 4.22. The molecule has 1 unspecified atom stereocenters. The third kappa shape index (κ3) is 3.28. The van der Waals surface area contributed by atoms with Crippen molar-refractivity contribution in [2.24, 2.45) is 0 Å². The van der Waals surface area contributed by atoms with E-state index >= 15 is 0 Å². The van der Waals surface area contributed by atoms with Crippen LogP contribution in [0, 0.1) is 13.8 Å². The highest BCUT2D eigenvalue weighted by Gasteiger charge is 2.35. The highest BCUT2D eigenvalue weighted by molar-refractivity contribution is 7.99. The normalized spacial score (nSPS) is 16.9. The second-order valence-electron chi connectivity index (χ2n) is 5.77. The number of nitrogens with zero attached hydrogens (tertiary/aromatic N) is 2. The second kappa shape index (κ2) is 7.05. The van der Waals surface area contributed by atoms with Gasteiger partial charge in [0.05, 0.1) is 11.4 Å². The number of amides is 2. The Kier molecular flexibility index (Phi) is 4.85. The van der Waals surface area contributed by atoms with E-state index in [1.165, 1.54) is 6.20 Å². The number of hydrogen-bond acceptors (Lipinski definition) is 4. The van der Waals surface area contributed by atoms with Gasteiger partial charge in [-0.05, 0) is 43.2 Å². The maximum atomic E-state index is 12.7. The first-order valence-electron chi connectivity index (χ1n) is 7.73. The van der Waals surface area contributed by atoms with E-state index in [1.807, 2.05) is 32.0 Å². The van der Waals surface area contributed by atoms with E-state index in [0.717, 1.165) is 16.8 Å². The van der Waals surface area contributed by atoms with Crippen LogP contribution in [0.5, 0.6) is 0 Å². The first kappa shape index (κ1) is 16.5. The lowest BCUT2D eigenvalue weighted by molar-refractivity contribution is -0.119. The highest BCUT2D eigenvalue weighted by Crippen LogP contribution is 2.25. The monoisotopic (exact) mass is 341 g/mol. The molecule has 1 aromatic carbocycles. The van der Waals surface area contributed by atoms with Gasteiger partial charge in [0.15, 0.2) is 0 Å². The molecule has 1 aliphatic heterocycles. The average molecular weight is 341 g/mol. The molecular weight excluding hydrogens is 322 g/mol. The van der Waals surface area contributed by atoms with Gasteiger partial charge in [-0.1, -0.05) is 12.1 Å². The molecule has 2 aromatic rings. The fourth-order valence-electron chi connectivity index (χ4n) is 2.62. The Bertz CT molecular complexity index is 764. The number of rotatable bonds is 3. The molecule has 1 saturated heterocycles. The summed E-state index contributed by atoms with van der Waals surface area (Å²) in [6, 6.07) is 8.78. The second-order valence-corrected chi connectivity index (χ2v) is 6.77. The van der Waals surface area contributed by atoms with Gasteiger partial charge in [0, 0.05) is 23.8 Å². The fraction of sp³-hybridized carbons (Fsp3) is 0.278. The Hall–Kier alpha value is -2.34. The van der Waals surface area contributed by atoms with E-state index in [2.05, 4.69) is 10.3 Å². The van der Waals surface area contributed by atoms with E-state index in [0.29, 0.717) is 17.2 Å². The first-order valence-corrected chi connectivity index (χ1v) is 8.89. The van der Waals surface area contributed by atoms with Crippen molar-refractivity contribution < 1.29 is 9.59 Å². The Morgan fingerprint density at radius 1 is 1.25 bits per heavy atom. The Morgan fingerprint density at radius 2 is 2.08 bits per heavy atom. The summed E-state index contributed by atoms with van der Waals surface area (Å²) in [6.45, 7) is 3.99. The number of aromatic nitrogens is 1. The average Bonchev–Trinajstić information content (AvgIpc) is 3.09. The van der Waals surface area contributed by atoms with Crippen LogP contribution in [0.3, 0.4) is 0 Å². The maximum Gasteiger partial charge on any atom is 0.256 e. The lowest BCUT2D eigenvalue weighted by Crippen LogP contribution is -2.44. The van der Waals surface area contributed by atoms with Gasteiger partial charge in [0.2, 0.25) is 5.91 Å². The van der Waals surface area contributed by atoms with Gasteiger partial charge >= 0.3 is 0 Å². The first-order chi connectivity index (χ1) is 11.6. The van der Waals surface area contributed by atoms with Crippen LogP contribution in [0.15, 0.2) is 42.7 Å². The van der Waals surface area contributed by atoms with Gasteiger partial charge in [-0.2, -0.15) is 0 Å². The molecule has 1 N–H and O–H groups in total. The van der Waals surface area contributed by atoms with Crippen molar-refractivity contribution in [2.75, 3.05) is 16.9 Å². The number of pyridine rings is 1. The van der Waals surface area contributed by atoms with Crippen LogP contribution in [-0.2, 0) is 4.79 Å². The van der Waals surface area contributed by atoms with Gasteiger partial charge in [0.25, 0.3) is 5.91 Å². The van der Waals surface area contributed by atoms with Crippen LogP contribution in [0.25, 0.3) is 0 Å². The van der Waals surface area contributed by atoms with Gasteiger partial charge in [-0.25, -0.2) is 0 Å². The van der Waals surface area contributed by atoms with Gasteiger partial charge in [0.1, 0.15) is 6.04 Å². The van der Waals surface area contributed by atoms with Crippen molar-refractivity contribution in [3.63, 3.8) is 0 Å². The molecule has 0 aliphatic carbocycles. The van der Waals surface area contributed by atoms with Crippen molar-refractivity contribution >= 4 is 29.3 Å². The minimum atomic E-state index is -0.470. The minimum absolute atomic E-state index is 0.147. The lowest BCUT2D eigenvalue weighted by Gasteiger charge is -2.23. The molecule has 2 amide bonds. The molecule has 0 spiro atoms. The molecule has 24 heavy (non-hydrogen) atoms. The molecule has 1 fully saturated rings. The zero-order valence-electron chi connectivity index (χ0n) is 13.7. The number of hydrogen-bond donors (Lipinski definition) is 1. The van der Waals surface area contributed by atoms with Crippen molar-refractivity contribution in [2.45, 2.75) is 19.9 Å². The molecule has 0 bridgehead atoms. The summed E-state index contributed by atoms with van der Waals surface area (Å²) in [7, 11) is 0. The van der Waals surface area contributed by atoms with Crippen LogP contribution in [0.1, 0.15) is 21.5 Å². The number of aryl methyl sites for hydroxylation is 1. The van der Waals surface area contributed by atoms with Crippen molar-refractivity contribution in [1.29, 1.82) is 0 Å². The van der Waals surface area contributed by atoms with Crippen LogP contribution in [0.2, 0.25) is 0 Å². The lowest BCUT2D eigenvalue weighted by atomic mass is 10.1. The quantitative estimate of drug-likeness (QED) is 0.932. The third-order valence-corrected chi connectivity index (χ3v) is 5.23. The number of thioether (sulfide) groups is 1. The smallest absolute Gasteiger partial charge is 0.256 e. The van der Waals surface area contributed by atoms with E-state index in [4.69, 9.17) is 0 Å². The molecule has 1 atom stereocenters. The zero-order valence-corrected chi connectivity index (χ0v) is 14.5. The fourth-order valence-corrected chi connectivity index (χ4v) is 3.77. The maximum absolute atomic E-state index is 12.7. The van der Waals surface area contributed by atoms with Crippen molar-refractivity contribution in [3.8, 4) is 0 Å². The number of carbonyl (C=O) groups excluding carboxylic acids is 2. The van der Waals surface area contributed by atoms with Gasteiger partial charge < -0.3 is 10.2 Å². The van der Waals surface area contributed by atoms with Gasteiger partial charge in [-0.15, -0.1) is 11.8 Å². The predicted octanol–water partition coefficient (Wildman–Crippen LogP) is 2.85. The summed E-state index contributed by atoms with van der Waals surface area (Å²) in [6.07, 6.45) is 3.16. The summed E-state index contributed by atoms with van der Waals surface area (Å²) in [5.41, 5.74) is 3.47. The summed E-state index contributed by atoms with van der Waals surface area (Å²) in [5, 5.41) is 2.97. The largest absolute Gasteiger partial charge is 0.324 e. The standard InChI is InChI=1S/C18H19N3O2S/c1-12-5-3-7-15(13(12)2)20-17(22)16-10-24-11-21(16)18(23)14-6-4-8-19-9-14/h3-9,16H,10-11H2,1-2H3,(H,20,22). The van der Waals surface area contributed by atoms with E-state index < -0.39 is 6.04 Å². The van der Waals surface area contributed by atoms with E-state index in [1.54, 1.807) is 35.0 Å². The summed E-state index contributed by atoms with van der Waals surface area (Å²) < 4.78 is 0. The van der Waals surface area contributed by atoms with Crippen LogP contribution in [-0.4, -0.2) is 39.4 Å². The van der Waals surface area contributed by atoms with Crippen LogP contribution < -0.4 is 5.32 Å². The van der Waals surface area contributed by atoms with Crippen molar-refractivity contribution in [3.05, 3.63) is 59.4 Å². The molecule has 1 aliphatic rings. The molecule has 3 rings (SSSR count). The molecule has 124 valence electrons. The summed E-state index contributed by atoms with van der Waals surface area (Å²) >= 11 is 1.58. The molecule has 5 nitrogen and oxygen atoms in total.